The number of anilines is 1. The molecule has 1 fully saturated rings. The summed E-state index contributed by atoms with van der Waals surface area (Å²) in [6.45, 7) is 11.3. The topological polar surface area (TPSA) is 112 Å². The van der Waals surface area contributed by atoms with Gasteiger partial charge in [-0.2, -0.15) is 0 Å². The first-order valence-corrected chi connectivity index (χ1v) is 10.2. The normalized spacial score (nSPS) is 15.6. The fraction of sp³-hybridized carbons (Fsp3) is 0.650. The Hall–Kier alpha value is -2.23. The number of hydrogen-bond donors (Lipinski definition) is 3. The highest BCUT2D eigenvalue weighted by Crippen LogP contribution is 2.34. The van der Waals surface area contributed by atoms with Crippen molar-refractivity contribution in [3.05, 3.63) is 24.0 Å². The van der Waals surface area contributed by atoms with Crippen LogP contribution in [0.3, 0.4) is 0 Å². The molecule has 0 spiro atoms. The average molecular weight is 404 g/mol. The summed E-state index contributed by atoms with van der Waals surface area (Å²) in [5.41, 5.74) is 14.8. The van der Waals surface area contributed by atoms with Crippen LogP contribution >= 0.6 is 0 Å². The van der Waals surface area contributed by atoms with Crippen LogP contribution in [0.4, 0.5) is 5.82 Å². The molecule has 0 aromatic carbocycles. The van der Waals surface area contributed by atoms with E-state index in [4.69, 9.17) is 15.2 Å². The summed E-state index contributed by atoms with van der Waals surface area (Å²) in [5, 5.41) is 0. The quantitative estimate of drug-likeness (QED) is 0.240. The number of rotatable bonds is 10. The zero-order chi connectivity index (χ0) is 21.0. The van der Waals surface area contributed by atoms with Crippen LogP contribution in [0.2, 0.25) is 0 Å². The van der Waals surface area contributed by atoms with Crippen molar-refractivity contribution in [3.63, 3.8) is 0 Å². The van der Waals surface area contributed by atoms with Crippen molar-refractivity contribution >= 4 is 17.0 Å². The van der Waals surface area contributed by atoms with Crippen molar-refractivity contribution in [1.82, 2.24) is 30.4 Å². The van der Waals surface area contributed by atoms with E-state index in [0.717, 1.165) is 18.6 Å². The number of hydrazine groups is 1. The average Bonchev–Trinajstić information content (AvgIpc) is 3.01. The van der Waals surface area contributed by atoms with Gasteiger partial charge in [0.1, 0.15) is 24.3 Å². The third-order valence-corrected chi connectivity index (χ3v) is 4.92. The molecule has 1 saturated carbocycles. The van der Waals surface area contributed by atoms with E-state index >= 15 is 0 Å². The Morgan fingerprint density at radius 3 is 2.66 bits per heavy atom. The second-order valence-electron chi connectivity index (χ2n) is 8.33. The molecule has 9 heteroatoms. The molecule has 0 saturated heterocycles. The van der Waals surface area contributed by atoms with Gasteiger partial charge in [-0.15, -0.1) is 0 Å². The van der Waals surface area contributed by atoms with Gasteiger partial charge >= 0.3 is 0 Å². The summed E-state index contributed by atoms with van der Waals surface area (Å²) in [5.74, 6) is 1.43. The van der Waals surface area contributed by atoms with Crippen LogP contribution in [0.1, 0.15) is 53.9 Å². The minimum absolute atomic E-state index is 0.0441. The Labute approximate surface area is 172 Å². The molecule has 1 atom stereocenters. The number of aromatic nitrogens is 4. The summed E-state index contributed by atoms with van der Waals surface area (Å²) in [6.07, 6.45) is 6.74. The van der Waals surface area contributed by atoms with Crippen LogP contribution in [-0.4, -0.2) is 44.0 Å². The van der Waals surface area contributed by atoms with E-state index in [2.05, 4.69) is 53.5 Å². The lowest BCUT2D eigenvalue weighted by Crippen LogP contribution is -2.51. The summed E-state index contributed by atoms with van der Waals surface area (Å²) < 4.78 is 13.9. The first-order chi connectivity index (χ1) is 13.8. The number of nitrogens with one attached hydrogen (secondary N) is 2. The molecule has 0 bridgehead atoms. The maximum absolute atomic E-state index is 6.12. The van der Waals surface area contributed by atoms with Gasteiger partial charge in [0.25, 0.3) is 0 Å². The van der Waals surface area contributed by atoms with E-state index < -0.39 is 0 Å². The van der Waals surface area contributed by atoms with Gasteiger partial charge in [-0.1, -0.05) is 0 Å². The number of fused-ring (bicyclic) bond motifs is 1. The van der Waals surface area contributed by atoms with Crippen LogP contribution in [0, 0.1) is 0 Å². The predicted octanol–water partition coefficient (Wildman–Crippen LogP) is 2.51. The molecule has 3 rings (SSSR count). The van der Waals surface area contributed by atoms with E-state index in [1.54, 1.807) is 6.33 Å². The second-order valence-corrected chi connectivity index (χ2v) is 8.33. The Kier molecular flexibility index (Phi) is 6.71. The molecule has 2 aromatic rings. The fourth-order valence-corrected chi connectivity index (χ4v) is 3.35. The van der Waals surface area contributed by atoms with Crippen molar-refractivity contribution in [1.29, 1.82) is 0 Å². The zero-order valence-corrected chi connectivity index (χ0v) is 18.0. The summed E-state index contributed by atoms with van der Waals surface area (Å²) in [6, 6.07) is 0. The van der Waals surface area contributed by atoms with Gasteiger partial charge in [-0.25, -0.2) is 25.8 Å². The lowest BCUT2D eigenvalue weighted by molar-refractivity contribution is 0.0251. The zero-order valence-electron chi connectivity index (χ0n) is 18.0. The summed E-state index contributed by atoms with van der Waals surface area (Å²) in [7, 11) is 0. The van der Waals surface area contributed by atoms with Crippen LogP contribution in [0.15, 0.2) is 24.0 Å². The van der Waals surface area contributed by atoms with Crippen LogP contribution in [0.5, 0.6) is 0 Å². The largest absolute Gasteiger partial charge is 0.493 e. The number of nitrogen functional groups attached to an aromatic ring is 1. The molecular formula is C20H33N7O2. The van der Waals surface area contributed by atoms with Crippen LogP contribution in [-0.2, 0) is 16.0 Å². The molecule has 0 radical (unpaired) electrons. The molecule has 9 nitrogen and oxygen atoms in total. The highest BCUT2D eigenvalue weighted by atomic mass is 16.5. The Morgan fingerprint density at radius 2 is 2.00 bits per heavy atom. The van der Waals surface area contributed by atoms with Crippen molar-refractivity contribution in [2.75, 3.05) is 12.5 Å². The monoisotopic (exact) mass is 403 g/mol. The highest BCUT2D eigenvalue weighted by molar-refractivity contribution is 5.81. The van der Waals surface area contributed by atoms with E-state index in [1.165, 1.54) is 18.3 Å². The maximum Gasteiger partial charge on any atom is 0.165 e. The fourth-order valence-electron chi connectivity index (χ4n) is 3.35. The van der Waals surface area contributed by atoms with Crippen LogP contribution < -0.4 is 16.6 Å². The highest BCUT2D eigenvalue weighted by Gasteiger charge is 2.30. The van der Waals surface area contributed by atoms with Gasteiger partial charge in [0.2, 0.25) is 0 Å². The number of imidazole rings is 1. The van der Waals surface area contributed by atoms with E-state index in [9.17, 15) is 0 Å². The predicted molar refractivity (Wildman–Crippen MR) is 113 cm³/mol. The minimum Gasteiger partial charge on any atom is -0.493 e. The van der Waals surface area contributed by atoms with E-state index in [1.807, 2.05) is 11.5 Å². The molecule has 1 aliphatic rings. The van der Waals surface area contributed by atoms with Crippen molar-refractivity contribution in [2.45, 2.75) is 78.2 Å². The minimum atomic E-state index is -0.318. The summed E-state index contributed by atoms with van der Waals surface area (Å²) >= 11 is 0. The third kappa shape index (κ3) is 5.23. The first-order valence-electron chi connectivity index (χ1n) is 10.2. The molecule has 0 aliphatic heterocycles. The van der Waals surface area contributed by atoms with E-state index in [0.29, 0.717) is 30.3 Å². The second kappa shape index (κ2) is 9.06. The van der Waals surface area contributed by atoms with Gasteiger partial charge in [-0.3, -0.25) is 0 Å². The lowest BCUT2D eigenvalue weighted by atomic mass is 9.86. The standard InChI is InChI=1S/C20H33N7O2/c1-13(2)29-17(15-7-6-8-15)20(4,5)26-25-12-28-14(3)9-27-11-24-16-18(21)22-10-23-19(16)27/h10-11,13-14,25-26H,6-9,12H2,1-5H3,(H2,21,22,23). The molecule has 160 valence electrons. The summed E-state index contributed by atoms with van der Waals surface area (Å²) in [4.78, 5) is 12.5. The number of ether oxygens (including phenoxy) is 2. The SMILES string of the molecule is CC(C)OC(=C1CCC1)C(C)(C)NNCOC(C)Cn1cnc2c(N)ncnc21. The molecule has 2 aromatic heterocycles. The lowest BCUT2D eigenvalue weighted by Gasteiger charge is -2.35. The molecule has 2 heterocycles. The smallest absolute Gasteiger partial charge is 0.165 e. The van der Waals surface area contributed by atoms with Crippen molar-refractivity contribution in [2.24, 2.45) is 0 Å². The van der Waals surface area contributed by atoms with Gasteiger partial charge in [-0.05, 0) is 59.5 Å². The molecule has 1 aliphatic carbocycles. The van der Waals surface area contributed by atoms with Gasteiger partial charge in [0.15, 0.2) is 11.5 Å². The molecule has 29 heavy (non-hydrogen) atoms. The number of hydrogen-bond acceptors (Lipinski definition) is 8. The molecule has 4 N–H and O–H groups in total. The molecule has 0 amide bonds. The maximum atomic E-state index is 6.12. The molecular weight excluding hydrogens is 370 g/mol. The van der Waals surface area contributed by atoms with Gasteiger partial charge < -0.3 is 19.8 Å². The first kappa shape index (κ1) is 21.5. The van der Waals surface area contributed by atoms with E-state index in [-0.39, 0.29) is 17.7 Å². The molecule has 1 unspecified atom stereocenters. The van der Waals surface area contributed by atoms with Crippen LogP contribution in [0.25, 0.3) is 11.2 Å². The third-order valence-electron chi connectivity index (χ3n) is 4.92. The Morgan fingerprint density at radius 1 is 1.24 bits per heavy atom. The Balaban J connectivity index is 1.49. The number of nitrogens with two attached hydrogens (primary N) is 1. The Bertz CT molecular complexity index is 854. The van der Waals surface area contributed by atoms with Crippen molar-refractivity contribution in [3.8, 4) is 0 Å². The number of nitrogens with zero attached hydrogens (tertiary/aromatic N) is 4. The number of allylic oxidation sites excluding steroid dienone is 1. The van der Waals surface area contributed by atoms with Gasteiger partial charge in [0, 0.05) is 0 Å². The van der Waals surface area contributed by atoms with Crippen molar-refractivity contribution < 1.29 is 9.47 Å². The van der Waals surface area contributed by atoms with Gasteiger partial charge in [0.05, 0.1) is 30.6 Å².